The summed E-state index contributed by atoms with van der Waals surface area (Å²) in [6.07, 6.45) is 0.673. The third kappa shape index (κ3) is 2.41. The minimum atomic E-state index is -0.792. The molecule has 1 amide bonds. The van der Waals surface area contributed by atoms with Gasteiger partial charge in [0.25, 0.3) is 5.91 Å². The lowest BCUT2D eigenvalue weighted by atomic mass is 10.1. The van der Waals surface area contributed by atoms with Crippen LogP contribution in [0.3, 0.4) is 0 Å². The van der Waals surface area contributed by atoms with Crippen LogP contribution in [0.15, 0.2) is 29.1 Å². The van der Waals surface area contributed by atoms with Crippen LogP contribution in [-0.4, -0.2) is 39.1 Å². The van der Waals surface area contributed by atoms with E-state index in [-0.39, 0.29) is 30.1 Å². The van der Waals surface area contributed by atoms with Gasteiger partial charge in [0, 0.05) is 13.1 Å². The van der Waals surface area contributed by atoms with Gasteiger partial charge in [-0.05, 0) is 31.2 Å². The molecule has 1 aromatic heterocycles. The molecule has 7 nitrogen and oxygen atoms in total. The summed E-state index contributed by atoms with van der Waals surface area (Å²) in [5.41, 5.74) is -0.0206. The lowest BCUT2D eigenvalue weighted by Gasteiger charge is -2.33. The second-order valence-corrected chi connectivity index (χ2v) is 6.39. The second kappa shape index (κ2) is 5.66. The Hall–Kier alpha value is -2.74. The fraction of sp³-hybridized carbons (Fsp3) is 0.353. The van der Waals surface area contributed by atoms with Crippen LogP contribution in [-0.2, 0) is 6.54 Å². The van der Waals surface area contributed by atoms with E-state index in [9.17, 15) is 19.1 Å². The molecule has 8 heteroatoms. The molecule has 2 atom stereocenters. The molecule has 0 unspecified atom stereocenters. The molecule has 3 heterocycles. The third-order valence-electron chi connectivity index (χ3n) is 4.87. The summed E-state index contributed by atoms with van der Waals surface area (Å²) >= 11 is 0. The van der Waals surface area contributed by atoms with Gasteiger partial charge in [0.1, 0.15) is 11.6 Å². The van der Waals surface area contributed by atoms with Crippen LogP contribution in [0.2, 0.25) is 0 Å². The fourth-order valence-corrected chi connectivity index (χ4v) is 3.68. The van der Waals surface area contributed by atoms with E-state index in [0.717, 1.165) is 5.56 Å². The lowest BCUT2D eigenvalue weighted by molar-refractivity contribution is 0.0649. The van der Waals surface area contributed by atoms with Gasteiger partial charge in [-0.2, -0.15) is 4.98 Å². The second-order valence-electron chi connectivity index (χ2n) is 6.39. The molecule has 2 aromatic rings. The van der Waals surface area contributed by atoms with E-state index < -0.39 is 17.2 Å². The molecule has 1 aromatic carbocycles. The van der Waals surface area contributed by atoms with Gasteiger partial charge < -0.3 is 19.9 Å². The highest BCUT2D eigenvalue weighted by molar-refractivity contribution is 5.96. The number of nitrogens with one attached hydrogen (secondary N) is 1. The monoisotopic (exact) mass is 344 g/mol. The van der Waals surface area contributed by atoms with E-state index in [1.165, 1.54) is 12.1 Å². The maximum atomic E-state index is 13.1. The smallest absolute Gasteiger partial charge is 0.315 e. The molecule has 0 fully saturated rings. The van der Waals surface area contributed by atoms with Crippen molar-refractivity contribution in [3.63, 3.8) is 0 Å². The summed E-state index contributed by atoms with van der Waals surface area (Å²) in [5.74, 6) is -0.887. The van der Waals surface area contributed by atoms with Crippen LogP contribution in [0.1, 0.15) is 40.4 Å². The molecule has 0 saturated heterocycles. The van der Waals surface area contributed by atoms with E-state index in [0.29, 0.717) is 18.8 Å². The van der Waals surface area contributed by atoms with Gasteiger partial charge in [-0.25, -0.2) is 4.39 Å². The molecule has 2 aliphatic heterocycles. The van der Waals surface area contributed by atoms with Crippen LogP contribution >= 0.6 is 0 Å². The van der Waals surface area contributed by atoms with Crippen molar-refractivity contribution in [2.75, 3.05) is 13.6 Å². The number of rotatable bonds is 3. The highest BCUT2D eigenvalue weighted by Gasteiger charge is 2.42. The SMILES string of the molecule is CN[C@@H]1C[C@@H]2CN(Cc3ccc(F)cc3)C(=O)c3c(O)c(=O)nc1n32. The van der Waals surface area contributed by atoms with Gasteiger partial charge in [-0.3, -0.25) is 9.59 Å². The number of hydrogen-bond donors (Lipinski definition) is 2. The Morgan fingerprint density at radius 1 is 1.32 bits per heavy atom. The molecule has 0 spiro atoms. The van der Waals surface area contributed by atoms with Crippen LogP contribution in [0.5, 0.6) is 5.75 Å². The Balaban J connectivity index is 1.75. The molecule has 0 saturated carbocycles. The highest BCUT2D eigenvalue weighted by Crippen LogP contribution is 2.39. The Morgan fingerprint density at radius 3 is 2.72 bits per heavy atom. The van der Waals surface area contributed by atoms with Crippen molar-refractivity contribution >= 4 is 5.91 Å². The van der Waals surface area contributed by atoms with Crippen molar-refractivity contribution < 1.29 is 14.3 Å². The summed E-state index contributed by atoms with van der Waals surface area (Å²) in [4.78, 5) is 30.4. The minimum Gasteiger partial charge on any atom is -0.501 e. The predicted octanol–water partition coefficient (Wildman–Crippen LogP) is 0.949. The number of halogens is 1. The number of carbonyl (C=O) groups is 1. The van der Waals surface area contributed by atoms with Crippen molar-refractivity contribution in [1.82, 2.24) is 19.8 Å². The number of aromatic nitrogens is 2. The Bertz CT molecular complexity index is 909. The fourth-order valence-electron chi connectivity index (χ4n) is 3.68. The first-order chi connectivity index (χ1) is 12.0. The Morgan fingerprint density at radius 2 is 2.04 bits per heavy atom. The first-order valence-electron chi connectivity index (χ1n) is 8.06. The first kappa shape index (κ1) is 15.8. The van der Waals surface area contributed by atoms with Gasteiger partial charge >= 0.3 is 5.56 Å². The van der Waals surface area contributed by atoms with E-state index >= 15 is 0 Å². The highest BCUT2D eigenvalue weighted by atomic mass is 19.1. The molecular weight excluding hydrogens is 327 g/mol. The number of carbonyl (C=O) groups excluding carboxylic acids is 1. The summed E-state index contributed by atoms with van der Waals surface area (Å²) in [6.45, 7) is 0.726. The largest absolute Gasteiger partial charge is 0.501 e. The van der Waals surface area contributed by atoms with Crippen molar-refractivity contribution in [3.8, 4) is 5.75 Å². The molecule has 0 bridgehead atoms. The molecule has 4 rings (SSSR count). The maximum Gasteiger partial charge on any atom is 0.315 e. The lowest BCUT2D eigenvalue weighted by Crippen LogP contribution is -2.43. The van der Waals surface area contributed by atoms with Gasteiger partial charge in [0.15, 0.2) is 5.69 Å². The van der Waals surface area contributed by atoms with E-state index in [1.54, 1.807) is 28.6 Å². The summed E-state index contributed by atoms with van der Waals surface area (Å²) in [7, 11) is 1.77. The molecule has 25 heavy (non-hydrogen) atoms. The normalized spacial score (nSPS) is 21.5. The van der Waals surface area contributed by atoms with Crippen molar-refractivity contribution in [3.05, 3.63) is 57.5 Å². The summed E-state index contributed by atoms with van der Waals surface area (Å²) in [5, 5.41) is 13.2. The van der Waals surface area contributed by atoms with Crippen LogP contribution < -0.4 is 10.9 Å². The Kier molecular flexibility index (Phi) is 3.57. The van der Waals surface area contributed by atoms with E-state index in [4.69, 9.17) is 0 Å². The van der Waals surface area contributed by atoms with Crippen molar-refractivity contribution in [2.24, 2.45) is 0 Å². The topological polar surface area (TPSA) is 87.5 Å². The average molecular weight is 344 g/mol. The van der Waals surface area contributed by atoms with Crippen LogP contribution in [0, 0.1) is 5.82 Å². The Labute approximate surface area is 142 Å². The molecule has 2 N–H and O–H groups in total. The summed E-state index contributed by atoms with van der Waals surface area (Å²) < 4.78 is 14.8. The number of hydrogen-bond acceptors (Lipinski definition) is 5. The quantitative estimate of drug-likeness (QED) is 0.866. The molecule has 0 aliphatic carbocycles. The number of nitrogens with zero attached hydrogens (tertiary/aromatic N) is 3. The zero-order valence-corrected chi connectivity index (χ0v) is 13.6. The average Bonchev–Trinajstić information content (AvgIpc) is 2.94. The first-order valence-corrected chi connectivity index (χ1v) is 8.06. The summed E-state index contributed by atoms with van der Waals surface area (Å²) in [6, 6.07) is 5.71. The minimum absolute atomic E-state index is 0.00823. The number of amides is 1. The van der Waals surface area contributed by atoms with Crippen LogP contribution in [0.4, 0.5) is 4.39 Å². The predicted molar refractivity (Wildman–Crippen MR) is 86.8 cm³/mol. The third-order valence-corrected chi connectivity index (χ3v) is 4.87. The zero-order chi connectivity index (χ0) is 17.7. The number of aromatic hydroxyl groups is 1. The zero-order valence-electron chi connectivity index (χ0n) is 13.6. The standard InChI is InChI=1S/C17H17FN4O3/c1-19-12-6-11-8-21(7-9-2-4-10(18)5-3-9)17(25)13-14(23)16(24)20-15(12)22(11)13/h2-5,11-12,19,23H,6-8H2,1H3/t11-,12-/m1/s1. The van der Waals surface area contributed by atoms with Gasteiger partial charge in [-0.15, -0.1) is 0 Å². The van der Waals surface area contributed by atoms with Crippen LogP contribution in [0.25, 0.3) is 0 Å². The molecular formula is C17H17FN4O3. The molecule has 2 aliphatic rings. The van der Waals surface area contributed by atoms with Gasteiger partial charge in [0.2, 0.25) is 5.75 Å². The van der Waals surface area contributed by atoms with Crippen molar-refractivity contribution in [2.45, 2.75) is 25.0 Å². The maximum absolute atomic E-state index is 13.1. The van der Waals surface area contributed by atoms with E-state index in [1.807, 2.05) is 0 Å². The van der Waals surface area contributed by atoms with Crippen molar-refractivity contribution in [1.29, 1.82) is 0 Å². The molecule has 0 radical (unpaired) electrons. The van der Waals surface area contributed by atoms with E-state index in [2.05, 4.69) is 10.3 Å². The van der Waals surface area contributed by atoms with Gasteiger partial charge in [-0.1, -0.05) is 12.1 Å². The molecule has 130 valence electrons. The number of benzene rings is 1. The van der Waals surface area contributed by atoms with Gasteiger partial charge in [0.05, 0.1) is 12.1 Å².